The van der Waals surface area contributed by atoms with Crippen LogP contribution in [0.5, 0.6) is 0 Å². The Morgan fingerprint density at radius 2 is 1.73 bits per heavy atom. The van der Waals surface area contributed by atoms with Gasteiger partial charge >= 0.3 is 24.1 Å². The molecule has 3 aliphatic carbocycles. The zero-order valence-electron chi connectivity index (χ0n) is 34.9. The summed E-state index contributed by atoms with van der Waals surface area (Å²) in [6.45, 7) is 8.09. The van der Waals surface area contributed by atoms with Crippen LogP contribution in [0.15, 0.2) is 81.8 Å². The number of carbonyl (C=O) groups is 6. The van der Waals surface area contributed by atoms with E-state index >= 15 is 4.79 Å². The van der Waals surface area contributed by atoms with Gasteiger partial charge in [-0.1, -0.05) is 38.1 Å². The molecule has 11 atom stereocenters. The van der Waals surface area contributed by atoms with Gasteiger partial charge in [-0.3, -0.25) is 14.4 Å². The number of thiophene rings is 1. The minimum Gasteiger partial charge on any atom is -0.459 e. The molecule has 7 rings (SSSR count). The SMILES string of the molecule is CCOC(=O)O[C@H]1C(=O)[C@@]2(C)C([C@H](OC(=O)c3ccccc3)[C@]3(O)C[C@H](OC(=O)[C@H](O)[C@@H](NC(=O)c4ccco4)c4cccs4)C(C)=C1C3(C)C)[C@]1(OC(C)=O)CO[C@@H]1C[C@@H]2O. The molecule has 0 spiro atoms. The van der Waals surface area contributed by atoms with Gasteiger partial charge in [-0.2, -0.15) is 0 Å². The third kappa shape index (κ3) is 7.30. The summed E-state index contributed by atoms with van der Waals surface area (Å²) in [5, 5.41) is 41.7. The largest absolute Gasteiger partial charge is 0.509 e. The molecule has 17 nitrogen and oxygen atoms in total. The molecular weight excluding hydrogens is 831 g/mol. The number of aliphatic hydroxyl groups excluding tert-OH is 2. The van der Waals surface area contributed by atoms with Crippen molar-refractivity contribution in [1.29, 1.82) is 0 Å². The molecule has 1 unspecified atom stereocenters. The smallest absolute Gasteiger partial charge is 0.459 e. The molecule has 2 bridgehead atoms. The maximum Gasteiger partial charge on any atom is 0.509 e. The second-order valence-corrected chi connectivity index (χ2v) is 17.7. The summed E-state index contributed by atoms with van der Waals surface area (Å²) < 4.78 is 40.6. The van der Waals surface area contributed by atoms with Crippen molar-refractivity contribution in [3.63, 3.8) is 0 Å². The normalized spacial score (nSPS) is 31.9. The van der Waals surface area contributed by atoms with E-state index in [-0.39, 0.29) is 42.1 Å². The lowest BCUT2D eigenvalue weighted by Crippen LogP contribution is -2.82. The lowest BCUT2D eigenvalue weighted by Gasteiger charge is -2.67. The van der Waals surface area contributed by atoms with Crippen molar-refractivity contribution in [2.45, 2.75) is 108 Å². The second-order valence-electron chi connectivity index (χ2n) is 16.8. The van der Waals surface area contributed by atoms with E-state index < -0.39 is 113 Å². The van der Waals surface area contributed by atoms with E-state index in [2.05, 4.69) is 5.32 Å². The summed E-state index contributed by atoms with van der Waals surface area (Å²) in [5.74, 6) is -6.37. The predicted octanol–water partition coefficient (Wildman–Crippen LogP) is 4.00. The van der Waals surface area contributed by atoms with Crippen molar-refractivity contribution in [3.8, 4) is 0 Å². The number of ether oxygens (including phenoxy) is 6. The molecule has 62 heavy (non-hydrogen) atoms. The van der Waals surface area contributed by atoms with Crippen LogP contribution in [-0.4, -0.2) is 112 Å². The number of benzene rings is 1. The van der Waals surface area contributed by atoms with Crippen LogP contribution in [-0.2, 0) is 42.8 Å². The highest BCUT2D eigenvalue weighted by atomic mass is 32.1. The number of ketones is 1. The number of hydrogen-bond donors (Lipinski definition) is 4. The summed E-state index contributed by atoms with van der Waals surface area (Å²) in [6.07, 6.45) is -10.9. The molecule has 1 aromatic carbocycles. The first-order valence-electron chi connectivity index (χ1n) is 20.1. The summed E-state index contributed by atoms with van der Waals surface area (Å²) in [6, 6.07) is 12.6. The monoisotopic (exact) mass is 879 g/mol. The van der Waals surface area contributed by atoms with Crippen molar-refractivity contribution in [2.75, 3.05) is 13.2 Å². The van der Waals surface area contributed by atoms with Gasteiger partial charge in [0.05, 0.1) is 42.5 Å². The first kappa shape index (κ1) is 44.6. The van der Waals surface area contributed by atoms with Crippen molar-refractivity contribution in [1.82, 2.24) is 5.32 Å². The molecule has 0 radical (unpaired) electrons. The van der Waals surface area contributed by atoms with E-state index in [4.69, 9.17) is 32.8 Å². The minimum absolute atomic E-state index is 0.0527. The topological polar surface area (TPSA) is 244 Å². The van der Waals surface area contributed by atoms with Crippen LogP contribution in [0.3, 0.4) is 0 Å². The molecule has 332 valence electrons. The Balaban J connectivity index is 1.40. The van der Waals surface area contributed by atoms with Crippen molar-refractivity contribution >= 4 is 47.1 Å². The summed E-state index contributed by atoms with van der Waals surface area (Å²) >= 11 is 1.14. The van der Waals surface area contributed by atoms with E-state index in [0.29, 0.717) is 4.88 Å². The fourth-order valence-electron chi connectivity index (χ4n) is 9.84. The average molecular weight is 880 g/mol. The molecule has 4 aliphatic rings. The van der Waals surface area contributed by atoms with Crippen LogP contribution in [0.2, 0.25) is 0 Å². The fraction of sp³-hybridized carbons (Fsp3) is 0.500. The van der Waals surface area contributed by atoms with Gasteiger partial charge in [-0.15, -0.1) is 11.3 Å². The number of nitrogens with one attached hydrogen (secondary N) is 1. The Hall–Kier alpha value is -5.40. The zero-order valence-corrected chi connectivity index (χ0v) is 35.7. The number of carbonyl (C=O) groups excluding carboxylic acids is 6. The van der Waals surface area contributed by atoms with Gasteiger partial charge in [0.1, 0.15) is 30.0 Å². The first-order chi connectivity index (χ1) is 29.3. The maximum atomic E-state index is 15.6. The summed E-state index contributed by atoms with van der Waals surface area (Å²) in [4.78, 5) is 83.9. The van der Waals surface area contributed by atoms with E-state index in [1.54, 1.807) is 35.7 Å². The van der Waals surface area contributed by atoms with Crippen LogP contribution < -0.4 is 5.32 Å². The molecule has 18 heteroatoms. The Bertz CT molecular complexity index is 2240. The third-order valence-corrected chi connectivity index (χ3v) is 14.0. The highest BCUT2D eigenvalue weighted by molar-refractivity contribution is 7.10. The van der Waals surface area contributed by atoms with Crippen LogP contribution >= 0.6 is 11.3 Å². The highest BCUT2D eigenvalue weighted by Gasteiger charge is 2.78. The van der Waals surface area contributed by atoms with Crippen LogP contribution in [0.25, 0.3) is 0 Å². The van der Waals surface area contributed by atoms with Crippen molar-refractivity contribution in [3.05, 3.63) is 93.6 Å². The van der Waals surface area contributed by atoms with Crippen molar-refractivity contribution in [2.24, 2.45) is 16.7 Å². The standard InChI is InChI=1S/C44H49NO16S/c1-7-55-40(53)59-33-30-22(2)26(58-39(52)32(48)31(27-16-12-18-62-27)45-37(50)25-15-11-17-56-25)20-44(54,41(30,4)5)36(60-38(51)24-13-9-8-10-14-24)34-42(6,35(33)49)28(47)19-29-43(34,21-57-29)61-23(3)46/h8-18,26,28-29,31-34,36,47-48,54H,7,19-21H2,1-6H3,(H,45,50)/t26-,28-,29+,31-,32+,33+,34?,36-,42+,43-,44+/m0/s1. The van der Waals surface area contributed by atoms with Gasteiger partial charge in [0, 0.05) is 30.1 Å². The summed E-state index contributed by atoms with van der Waals surface area (Å²) in [5.41, 5.74) is -7.97. The van der Waals surface area contributed by atoms with E-state index in [0.717, 1.165) is 18.3 Å². The number of esters is 3. The zero-order chi connectivity index (χ0) is 44.9. The van der Waals surface area contributed by atoms with Gasteiger partial charge < -0.3 is 53.5 Å². The Morgan fingerprint density at radius 1 is 1.00 bits per heavy atom. The molecule has 3 fully saturated rings. The minimum atomic E-state index is -2.43. The maximum absolute atomic E-state index is 15.6. The van der Waals surface area contributed by atoms with E-state index in [9.17, 15) is 39.3 Å². The molecule has 1 aliphatic heterocycles. The van der Waals surface area contributed by atoms with Crippen LogP contribution in [0.1, 0.15) is 86.2 Å². The molecule has 4 N–H and O–H groups in total. The van der Waals surface area contributed by atoms with Crippen molar-refractivity contribution < 1.29 is 76.9 Å². The lowest BCUT2D eigenvalue weighted by molar-refractivity contribution is -0.346. The number of fused-ring (bicyclic) bond motifs is 5. The number of rotatable bonds is 11. The first-order valence-corrected chi connectivity index (χ1v) is 21.0. The average Bonchev–Trinajstić information content (AvgIpc) is 3.97. The number of aliphatic hydroxyl groups is 3. The fourth-order valence-corrected chi connectivity index (χ4v) is 10.6. The van der Waals surface area contributed by atoms with E-state index in [1.807, 2.05) is 0 Å². The quantitative estimate of drug-likeness (QED) is 0.121. The lowest BCUT2D eigenvalue weighted by atomic mass is 9.44. The van der Waals surface area contributed by atoms with Gasteiger partial charge in [-0.25, -0.2) is 14.4 Å². The Kier molecular flexibility index (Phi) is 12.0. The van der Waals surface area contributed by atoms with Crippen LogP contribution in [0.4, 0.5) is 4.79 Å². The molecule has 3 aromatic rings. The number of furan rings is 1. The van der Waals surface area contributed by atoms with Gasteiger partial charge in [0.25, 0.3) is 5.91 Å². The second kappa shape index (κ2) is 16.7. The van der Waals surface area contributed by atoms with Gasteiger partial charge in [0.2, 0.25) is 0 Å². The molecule has 1 amide bonds. The van der Waals surface area contributed by atoms with Gasteiger partial charge in [0.15, 0.2) is 29.4 Å². The molecule has 1 saturated heterocycles. The predicted molar refractivity (Wildman–Crippen MR) is 214 cm³/mol. The third-order valence-electron chi connectivity index (χ3n) is 13.1. The summed E-state index contributed by atoms with van der Waals surface area (Å²) in [7, 11) is 0. The van der Waals surface area contributed by atoms with Gasteiger partial charge in [-0.05, 0) is 67.6 Å². The Morgan fingerprint density at radius 3 is 2.32 bits per heavy atom. The number of amides is 1. The number of Topliss-reactive ketones (excluding diaryl/α,β-unsaturated/α-hetero) is 1. The molecular formula is C44H49NO16S. The van der Waals surface area contributed by atoms with Crippen LogP contribution in [0, 0.1) is 16.7 Å². The molecule has 2 saturated carbocycles. The molecule has 3 heterocycles. The van der Waals surface area contributed by atoms with E-state index in [1.165, 1.54) is 65.1 Å². The number of hydrogen-bond acceptors (Lipinski definition) is 17. The Labute approximate surface area is 360 Å². The molecule has 2 aromatic heterocycles. The highest BCUT2D eigenvalue weighted by Crippen LogP contribution is 2.64.